The predicted molar refractivity (Wildman–Crippen MR) is 112 cm³/mol. The molecule has 1 saturated carbocycles. The van der Waals surface area contributed by atoms with Gasteiger partial charge in [-0.15, -0.1) is 0 Å². The summed E-state index contributed by atoms with van der Waals surface area (Å²) in [5.74, 6) is -12.2. The van der Waals surface area contributed by atoms with Gasteiger partial charge in [-0.05, 0) is 5.56 Å². The largest absolute Gasteiger partial charge is 0.469 e. The van der Waals surface area contributed by atoms with E-state index in [1.165, 1.54) is 12.2 Å². The normalized spacial score (nSPS) is 27.0. The van der Waals surface area contributed by atoms with E-state index in [-0.39, 0.29) is 0 Å². The van der Waals surface area contributed by atoms with Gasteiger partial charge in [0.1, 0.15) is 17.8 Å². The van der Waals surface area contributed by atoms with Gasteiger partial charge in [-0.3, -0.25) is 24.0 Å². The Balaban J connectivity index is 2.79. The first-order valence-corrected chi connectivity index (χ1v) is 9.95. The molecule has 0 saturated heterocycles. The number of carbonyl (C=O) groups excluding carboxylic acids is 5. The van der Waals surface area contributed by atoms with Gasteiger partial charge in [0.05, 0.1) is 40.5 Å². The average molecular weight is 462 g/mol. The Morgan fingerprint density at radius 2 is 1.42 bits per heavy atom. The topological polar surface area (TPSA) is 142 Å². The van der Waals surface area contributed by atoms with E-state index < -0.39 is 65.4 Å². The summed E-state index contributed by atoms with van der Waals surface area (Å²) >= 11 is 0. The predicted octanol–water partition coefficient (Wildman–Crippen LogP) is 0.560. The zero-order valence-corrected chi connectivity index (χ0v) is 18.7. The fourth-order valence-corrected chi connectivity index (χ4v) is 4.14. The number of ketones is 1. The van der Waals surface area contributed by atoms with Crippen molar-refractivity contribution in [1.82, 2.24) is 0 Å². The van der Waals surface area contributed by atoms with Gasteiger partial charge in [0, 0.05) is 5.92 Å². The standard InChI is InChI=1S/C23H26O10/c1-30-15(24)12-23(29)14(11-10-13-8-6-5-7-9-13)16(20(26)31-2)19(25)17(21(27)32-3)18(23)22(28)33-4/h5-11,14,16-18,29H,12H2,1-4H3. The number of aliphatic hydroxyl groups is 1. The lowest BCUT2D eigenvalue weighted by atomic mass is 9.57. The lowest BCUT2D eigenvalue weighted by Gasteiger charge is -2.47. The fraction of sp³-hybridized carbons (Fsp3) is 0.435. The van der Waals surface area contributed by atoms with Crippen LogP contribution in [0.2, 0.25) is 0 Å². The lowest BCUT2D eigenvalue weighted by Crippen LogP contribution is -2.65. The van der Waals surface area contributed by atoms with Gasteiger partial charge in [-0.25, -0.2) is 0 Å². The van der Waals surface area contributed by atoms with Crippen molar-refractivity contribution in [3.05, 3.63) is 42.0 Å². The molecule has 0 radical (unpaired) electrons. The van der Waals surface area contributed by atoms with E-state index in [9.17, 15) is 29.1 Å². The molecule has 1 aliphatic carbocycles. The van der Waals surface area contributed by atoms with E-state index in [0.29, 0.717) is 5.56 Å². The Labute approximate surface area is 190 Å². The van der Waals surface area contributed by atoms with E-state index in [1.807, 2.05) is 0 Å². The SMILES string of the molecule is COC(=O)CC1(O)C(C=Cc2ccccc2)C(C(=O)OC)C(=O)C(C(=O)OC)C1C(=O)OC. The molecular formula is C23H26O10. The molecule has 0 heterocycles. The fourth-order valence-electron chi connectivity index (χ4n) is 4.14. The van der Waals surface area contributed by atoms with E-state index in [2.05, 4.69) is 9.47 Å². The number of benzene rings is 1. The third-order valence-corrected chi connectivity index (χ3v) is 5.74. The van der Waals surface area contributed by atoms with Crippen LogP contribution >= 0.6 is 0 Å². The average Bonchev–Trinajstić information content (AvgIpc) is 2.82. The molecular weight excluding hydrogens is 436 g/mol. The smallest absolute Gasteiger partial charge is 0.317 e. The third kappa shape index (κ3) is 5.11. The summed E-state index contributed by atoms with van der Waals surface area (Å²) < 4.78 is 18.9. The van der Waals surface area contributed by atoms with Crippen LogP contribution in [0.5, 0.6) is 0 Å². The highest BCUT2D eigenvalue weighted by atomic mass is 16.5. The molecule has 2 rings (SSSR count). The van der Waals surface area contributed by atoms with Crippen molar-refractivity contribution in [2.45, 2.75) is 12.0 Å². The monoisotopic (exact) mass is 462 g/mol. The molecule has 10 nitrogen and oxygen atoms in total. The first-order valence-electron chi connectivity index (χ1n) is 9.95. The van der Waals surface area contributed by atoms with Crippen molar-refractivity contribution in [1.29, 1.82) is 0 Å². The summed E-state index contributed by atoms with van der Waals surface area (Å²) in [6.07, 6.45) is 2.03. The maximum Gasteiger partial charge on any atom is 0.317 e. The van der Waals surface area contributed by atoms with Crippen molar-refractivity contribution < 1.29 is 48.0 Å². The molecule has 0 aliphatic heterocycles. The summed E-state index contributed by atoms with van der Waals surface area (Å²) in [5.41, 5.74) is -1.78. The van der Waals surface area contributed by atoms with Gasteiger partial charge in [0.2, 0.25) is 0 Å². The highest BCUT2D eigenvalue weighted by molar-refractivity contribution is 6.12. The van der Waals surface area contributed by atoms with Crippen LogP contribution in [-0.4, -0.2) is 68.8 Å². The van der Waals surface area contributed by atoms with Crippen molar-refractivity contribution in [3.8, 4) is 0 Å². The molecule has 1 aromatic carbocycles. The van der Waals surface area contributed by atoms with Crippen molar-refractivity contribution in [2.24, 2.45) is 23.7 Å². The second-order valence-corrected chi connectivity index (χ2v) is 7.44. The summed E-state index contributed by atoms with van der Waals surface area (Å²) in [6.45, 7) is 0. The van der Waals surface area contributed by atoms with Crippen LogP contribution < -0.4 is 0 Å². The van der Waals surface area contributed by atoms with Gasteiger partial charge in [-0.2, -0.15) is 0 Å². The summed E-state index contributed by atoms with van der Waals surface area (Å²) in [5, 5.41) is 11.8. The van der Waals surface area contributed by atoms with Crippen LogP contribution in [0.25, 0.3) is 6.08 Å². The lowest BCUT2D eigenvalue weighted by molar-refractivity contribution is -0.197. The maximum atomic E-state index is 13.4. The quantitative estimate of drug-likeness (QED) is 0.347. The van der Waals surface area contributed by atoms with E-state index >= 15 is 0 Å². The minimum atomic E-state index is -2.43. The Morgan fingerprint density at radius 3 is 1.94 bits per heavy atom. The van der Waals surface area contributed by atoms with Crippen LogP contribution in [0.1, 0.15) is 12.0 Å². The molecule has 0 aromatic heterocycles. The summed E-state index contributed by atoms with van der Waals surface area (Å²) in [6, 6.07) is 8.72. The molecule has 0 bridgehead atoms. The Bertz CT molecular complexity index is 938. The van der Waals surface area contributed by atoms with Crippen LogP contribution in [-0.2, 0) is 42.9 Å². The molecule has 1 fully saturated rings. The van der Waals surface area contributed by atoms with Gasteiger partial charge in [0.25, 0.3) is 0 Å². The minimum Gasteiger partial charge on any atom is -0.469 e. The Morgan fingerprint density at radius 1 is 0.879 bits per heavy atom. The molecule has 10 heteroatoms. The minimum absolute atomic E-state index is 0.652. The number of hydrogen-bond donors (Lipinski definition) is 1. The molecule has 1 N–H and O–H groups in total. The van der Waals surface area contributed by atoms with Gasteiger partial charge < -0.3 is 24.1 Å². The van der Waals surface area contributed by atoms with Crippen molar-refractivity contribution in [3.63, 3.8) is 0 Å². The first kappa shape index (κ1) is 25.7. The van der Waals surface area contributed by atoms with Crippen LogP contribution in [0.3, 0.4) is 0 Å². The zero-order chi connectivity index (χ0) is 24.8. The van der Waals surface area contributed by atoms with Crippen LogP contribution in [0.15, 0.2) is 36.4 Å². The molecule has 5 unspecified atom stereocenters. The molecule has 178 valence electrons. The van der Waals surface area contributed by atoms with Gasteiger partial charge in [-0.1, -0.05) is 42.5 Å². The summed E-state index contributed by atoms with van der Waals surface area (Å²) in [7, 11) is 4.09. The molecule has 0 amide bonds. The highest BCUT2D eigenvalue weighted by Crippen LogP contribution is 2.48. The number of Topliss-reactive ketones (excluding diaryl/α,β-unsaturated/α-hetero) is 1. The molecule has 1 aliphatic rings. The number of hydrogen-bond acceptors (Lipinski definition) is 10. The maximum absolute atomic E-state index is 13.4. The number of esters is 4. The number of carbonyl (C=O) groups is 5. The number of ether oxygens (including phenoxy) is 4. The van der Waals surface area contributed by atoms with Gasteiger partial charge in [0.15, 0.2) is 5.78 Å². The van der Waals surface area contributed by atoms with Crippen LogP contribution in [0, 0.1) is 23.7 Å². The van der Waals surface area contributed by atoms with Gasteiger partial charge >= 0.3 is 23.9 Å². The van der Waals surface area contributed by atoms with Crippen molar-refractivity contribution >= 4 is 35.7 Å². The Hall–Kier alpha value is -3.53. The van der Waals surface area contributed by atoms with Crippen LogP contribution in [0.4, 0.5) is 0 Å². The van der Waals surface area contributed by atoms with E-state index in [4.69, 9.17) is 9.47 Å². The molecule has 5 atom stereocenters. The first-order chi connectivity index (χ1) is 15.7. The van der Waals surface area contributed by atoms with E-state index in [1.54, 1.807) is 30.3 Å². The summed E-state index contributed by atoms with van der Waals surface area (Å²) in [4.78, 5) is 63.6. The molecule has 33 heavy (non-hydrogen) atoms. The third-order valence-electron chi connectivity index (χ3n) is 5.74. The van der Waals surface area contributed by atoms with Crippen molar-refractivity contribution in [2.75, 3.05) is 28.4 Å². The second kappa shape index (κ2) is 10.9. The second-order valence-electron chi connectivity index (χ2n) is 7.44. The number of methoxy groups -OCH3 is 4. The Kier molecular flexibility index (Phi) is 8.47. The zero-order valence-electron chi connectivity index (χ0n) is 18.7. The highest BCUT2D eigenvalue weighted by Gasteiger charge is 2.65. The molecule has 0 spiro atoms. The number of rotatable bonds is 7. The molecule has 1 aromatic rings. The van der Waals surface area contributed by atoms with E-state index in [0.717, 1.165) is 28.4 Å².